The molecule has 1 aliphatic heterocycles. The minimum Gasteiger partial charge on any atom is -0.495 e. The smallest absolute Gasteiger partial charge is 0.256 e. The van der Waals surface area contributed by atoms with Gasteiger partial charge in [0.05, 0.1) is 24.8 Å². The summed E-state index contributed by atoms with van der Waals surface area (Å²) in [5, 5.41) is 1.01. The lowest BCUT2D eigenvalue weighted by Gasteiger charge is -2.34. The molecule has 6 heteroatoms. The standard InChI is InChI=1S/C24H35N3O3/c1-29-16-15-25-11-13-26(14-12-25)24(28)21-18-27(17-19-7-4-3-5-8-19)23-20(21)9-6-10-22(23)30-2/h6,9-10,18-19H,3-5,7-8,11-17H2,1-2H3. The minimum atomic E-state index is 0.141. The molecule has 30 heavy (non-hydrogen) atoms. The molecule has 0 spiro atoms. The number of aromatic nitrogens is 1. The lowest BCUT2D eigenvalue weighted by molar-refractivity contribution is 0.0595. The van der Waals surface area contributed by atoms with E-state index in [-0.39, 0.29) is 5.91 Å². The highest BCUT2D eigenvalue weighted by Crippen LogP contribution is 2.33. The predicted molar refractivity (Wildman–Crippen MR) is 119 cm³/mol. The number of carbonyl (C=O) groups excluding carboxylic acids is 1. The van der Waals surface area contributed by atoms with Crippen LogP contribution in [0.3, 0.4) is 0 Å². The van der Waals surface area contributed by atoms with Gasteiger partial charge in [-0.25, -0.2) is 0 Å². The first-order valence-corrected chi connectivity index (χ1v) is 11.4. The van der Waals surface area contributed by atoms with Gasteiger partial charge >= 0.3 is 0 Å². The number of para-hydroxylation sites is 1. The molecular weight excluding hydrogens is 378 g/mol. The number of piperazine rings is 1. The van der Waals surface area contributed by atoms with E-state index in [2.05, 4.69) is 21.7 Å². The van der Waals surface area contributed by atoms with Crippen LogP contribution in [0.25, 0.3) is 10.9 Å². The summed E-state index contributed by atoms with van der Waals surface area (Å²) in [5.74, 6) is 1.68. The van der Waals surface area contributed by atoms with Gasteiger partial charge in [0.25, 0.3) is 5.91 Å². The molecule has 0 radical (unpaired) electrons. The first-order valence-electron chi connectivity index (χ1n) is 11.4. The van der Waals surface area contributed by atoms with Gasteiger partial charge in [0.1, 0.15) is 5.75 Å². The third-order valence-corrected chi connectivity index (χ3v) is 6.76. The SMILES string of the molecule is COCCN1CCN(C(=O)c2cn(CC3CCCCC3)c3c(OC)cccc23)CC1. The summed E-state index contributed by atoms with van der Waals surface area (Å²) in [5.41, 5.74) is 1.87. The van der Waals surface area contributed by atoms with Gasteiger partial charge in [0, 0.05) is 58.0 Å². The second kappa shape index (κ2) is 9.84. The molecule has 1 saturated heterocycles. The van der Waals surface area contributed by atoms with Crippen LogP contribution in [0.4, 0.5) is 0 Å². The van der Waals surface area contributed by atoms with Gasteiger partial charge in [-0.05, 0) is 24.8 Å². The Kier molecular flexibility index (Phi) is 6.95. The third kappa shape index (κ3) is 4.49. The van der Waals surface area contributed by atoms with E-state index in [9.17, 15) is 4.79 Å². The highest BCUT2D eigenvalue weighted by Gasteiger charge is 2.26. The van der Waals surface area contributed by atoms with Crippen LogP contribution in [0.15, 0.2) is 24.4 Å². The molecule has 1 aromatic heterocycles. The van der Waals surface area contributed by atoms with Crippen molar-refractivity contribution >= 4 is 16.8 Å². The Hall–Kier alpha value is -2.05. The number of fused-ring (bicyclic) bond motifs is 1. The van der Waals surface area contributed by atoms with Gasteiger partial charge in [-0.3, -0.25) is 9.69 Å². The van der Waals surface area contributed by atoms with E-state index in [0.29, 0.717) is 5.92 Å². The fraction of sp³-hybridized carbons (Fsp3) is 0.625. The normalized spacial score (nSPS) is 18.8. The second-order valence-electron chi connectivity index (χ2n) is 8.68. The maximum absolute atomic E-state index is 13.5. The van der Waals surface area contributed by atoms with Gasteiger partial charge in [0.2, 0.25) is 0 Å². The molecule has 0 N–H and O–H groups in total. The fourth-order valence-corrected chi connectivity index (χ4v) is 5.02. The number of hydrogen-bond donors (Lipinski definition) is 0. The molecule has 0 bridgehead atoms. The molecule has 1 saturated carbocycles. The van der Waals surface area contributed by atoms with Crippen LogP contribution >= 0.6 is 0 Å². The lowest BCUT2D eigenvalue weighted by Crippen LogP contribution is -2.49. The quantitative estimate of drug-likeness (QED) is 0.695. The third-order valence-electron chi connectivity index (χ3n) is 6.76. The molecule has 4 rings (SSSR count). The number of hydrogen-bond acceptors (Lipinski definition) is 4. The van der Waals surface area contributed by atoms with E-state index in [1.807, 2.05) is 17.0 Å². The number of carbonyl (C=O) groups is 1. The Bertz CT molecular complexity index is 849. The van der Waals surface area contributed by atoms with Crippen molar-refractivity contribution in [2.75, 3.05) is 53.6 Å². The number of ether oxygens (including phenoxy) is 2. The molecule has 6 nitrogen and oxygen atoms in total. The number of methoxy groups -OCH3 is 2. The first-order chi connectivity index (χ1) is 14.7. The van der Waals surface area contributed by atoms with Crippen LogP contribution in [0.2, 0.25) is 0 Å². The van der Waals surface area contributed by atoms with Crippen LogP contribution in [0.5, 0.6) is 5.75 Å². The summed E-state index contributed by atoms with van der Waals surface area (Å²) in [6, 6.07) is 6.06. The van der Waals surface area contributed by atoms with Crippen molar-refractivity contribution in [2.24, 2.45) is 5.92 Å². The zero-order chi connectivity index (χ0) is 20.9. The van der Waals surface area contributed by atoms with Crippen molar-refractivity contribution in [2.45, 2.75) is 38.6 Å². The largest absolute Gasteiger partial charge is 0.495 e. The fourth-order valence-electron chi connectivity index (χ4n) is 5.02. The van der Waals surface area contributed by atoms with E-state index < -0.39 is 0 Å². The molecule has 1 aliphatic carbocycles. The molecule has 164 valence electrons. The van der Waals surface area contributed by atoms with Crippen molar-refractivity contribution in [1.29, 1.82) is 0 Å². The summed E-state index contributed by atoms with van der Waals surface area (Å²) < 4.78 is 13.2. The van der Waals surface area contributed by atoms with Gasteiger partial charge in [0.15, 0.2) is 0 Å². The molecule has 2 fully saturated rings. The lowest BCUT2D eigenvalue weighted by atomic mass is 9.89. The van der Waals surface area contributed by atoms with Gasteiger partial charge in [-0.1, -0.05) is 31.4 Å². The van der Waals surface area contributed by atoms with Crippen LogP contribution in [-0.2, 0) is 11.3 Å². The Balaban J connectivity index is 1.57. The van der Waals surface area contributed by atoms with Crippen molar-refractivity contribution < 1.29 is 14.3 Å². The van der Waals surface area contributed by atoms with Crippen LogP contribution in [0, 0.1) is 5.92 Å². The monoisotopic (exact) mass is 413 g/mol. The average Bonchev–Trinajstić information content (AvgIpc) is 3.16. The van der Waals surface area contributed by atoms with E-state index in [4.69, 9.17) is 9.47 Å². The summed E-state index contributed by atoms with van der Waals surface area (Å²) in [7, 11) is 3.45. The molecule has 2 heterocycles. The molecule has 0 unspecified atom stereocenters. The molecular formula is C24H35N3O3. The number of benzene rings is 1. The summed E-state index contributed by atoms with van der Waals surface area (Å²) in [6.45, 7) is 5.97. The average molecular weight is 414 g/mol. The van der Waals surface area contributed by atoms with Crippen LogP contribution in [-0.4, -0.2) is 73.8 Å². The van der Waals surface area contributed by atoms with Crippen molar-refractivity contribution in [3.8, 4) is 5.75 Å². The van der Waals surface area contributed by atoms with E-state index >= 15 is 0 Å². The van der Waals surface area contributed by atoms with Crippen LogP contribution < -0.4 is 4.74 Å². The minimum absolute atomic E-state index is 0.141. The molecule has 1 aromatic carbocycles. The molecule has 0 atom stereocenters. The maximum atomic E-state index is 13.5. The second-order valence-corrected chi connectivity index (χ2v) is 8.68. The van der Waals surface area contributed by atoms with E-state index in [1.165, 1.54) is 32.1 Å². The Morgan fingerprint density at radius 2 is 1.83 bits per heavy atom. The number of amides is 1. The highest BCUT2D eigenvalue weighted by atomic mass is 16.5. The van der Waals surface area contributed by atoms with Crippen molar-refractivity contribution in [1.82, 2.24) is 14.4 Å². The highest BCUT2D eigenvalue weighted by molar-refractivity contribution is 6.08. The Morgan fingerprint density at radius 3 is 2.53 bits per heavy atom. The zero-order valence-corrected chi connectivity index (χ0v) is 18.4. The molecule has 1 amide bonds. The van der Waals surface area contributed by atoms with Crippen molar-refractivity contribution in [3.63, 3.8) is 0 Å². The van der Waals surface area contributed by atoms with Gasteiger partial charge in [-0.2, -0.15) is 0 Å². The van der Waals surface area contributed by atoms with Crippen molar-refractivity contribution in [3.05, 3.63) is 30.0 Å². The summed E-state index contributed by atoms with van der Waals surface area (Å²) in [4.78, 5) is 17.8. The topological polar surface area (TPSA) is 46.9 Å². The van der Waals surface area contributed by atoms with Crippen LogP contribution in [0.1, 0.15) is 42.5 Å². The molecule has 2 aliphatic rings. The van der Waals surface area contributed by atoms with Gasteiger partial charge < -0.3 is 18.9 Å². The van der Waals surface area contributed by atoms with E-state index in [0.717, 1.165) is 68.1 Å². The number of rotatable bonds is 7. The van der Waals surface area contributed by atoms with Gasteiger partial charge in [-0.15, -0.1) is 0 Å². The molecule has 2 aromatic rings. The maximum Gasteiger partial charge on any atom is 0.256 e. The predicted octanol–water partition coefficient (Wildman–Crippen LogP) is 3.63. The van der Waals surface area contributed by atoms with E-state index in [1.54, 1.807) is 14.2 Å². The summed E-state index contributed by atoms with van der Waals surface area (Å²) in [6.07, 6.45) is 8.64. The number of nitrogens with zero attached hydrogens (tertiary/aromatic N) is 3. The first kappa shape index (κ1) is 21.2. The summed E-state index contributed by atoms with van der Waals surface area (Å²) >= 11 is 0. The zero-order valence-electron chi connectivity index (χ0n) is 18.4. The Morgan fingerprint density at radius 1 is 1.07 bits per heavy atom. The Labute approximate surface area is 179 Å².